The van der Waals surface area contributed by atoms with Gasteiger partial charge in [-0.3, -0.25) is 4.79 Å². The molecule has 0 aromatic heterocycles. The van der Waals surface area contributed by atoms with E-state index in [2.05, 4.69) is 5.32 Å². The Balaban J connectivity index is 0.00000364. The van der Waals surface area contributed by atoms with E-state index in [-0.39, 0.29) is 24.6 Å². The topological polar surface area (TPSA) is 99.9 Å². The zero-order chi connectivity index (χ0) is 18.9. The van der Waals surface area contributed by atoms with Crippen molar-refractivity contribution in [1.82, 2.24) is 0 Å². The Labute approximate surface area is 164 Å². The molecule has 7 nitrogen and oxygen atoms in total. The molecule has 0 spiro atoms. The van der Waals surface area contributed by atoms with Gasteiger partial charge in [0.05, 0.1) is 25.0 Å². The van der Waals surface area contributed by atoms with Crippen molar-refractivity contribution >= 4 is 30.0 Å². The summed E-state index contributed by atoms with van der Waals surface area (Å²) in [5.74, 6) is -0.547. The Bertz CT molecular complexity index is 755. The number of esters is 1. The number of benzene rings is 2. The second-order valence-corrected chi connectivity index (χ2v) is 5.53. The second-order valence-electron chi connectivity index (χ2n) is 5.53. The average molecular weight is 395 g/mol. The summed E-state index contributed by atoms with van der Waals surface area (Å²) in [7, 11) is 2.74. The number of amides is 1. The van der Waals surface area contributed by atoms with E-state index in [0.717, 1.165) is 5.56 Å². The first kappa shape index (κ1) is 22.4. The number of carbonyl (C=O) groups is 2. The van der Waals surface area contributed by atoms with Crippen LogP contribution in [0.3, 0.4) is 0 Å². The fourth-order valence-electron chi connectivity index (χ4n) is 2.21. The number of hydrogen-bond acceptors (Lipinski definition) is 6. The molecule has 27 heavy (non-hydrogen) atoms. The van der Waals surface area contributed by atoms with Crippen molar-refractivity contribution in [3.8, 4) is 5.75 Å². The lowest BCUT2D eigenvalue weighted by molar-refractivity contribution is -0.118. The van der Waals surface area contributed by atoms with Gasteiger partial charge in [0, 0.05) is 7.11 Å². The fraction of sp³-hybridized carbons (Fsp3) is 0.263. The lowest BCUT2D eigenvalue weighted by atomic mass is 10.1. The monoisotopic (exact) mass is 394 g/mol. The standard InChI is InChI=1S/C19H22N2O5.ClH/c1-24-12-15(20)18(22)21-16-10-14(19(23)25-2)8-9-17(16)26-11-13-6-4-3-5-7-13;/h3-10,15H,11-12,20H2,1-2H3,(H,21,22);1H. The molecule has 1 amide bonds. The molecule has 1 atom stereocenters. The van der Waals surface area contributed by atoms with E-state index in [4.69, 9.17) is 19.9 Å². The van der Waals surface area contributed by atoms with Gasteiger partial charge in [0.2, 0.25) is 5.91 Å². The van der Waals surface area contributed by atoms with E-state index in [1.807, 2.05) is 30.3 Å². The molecule has 0 radical (unpaired) electrons. The number of carbonyl (C=O) groups excluding carboxylic acids is 2. The summed E-state index contributed by atoms with van der Waals surface area (Å²) in [5, 5.41) is 2.67. The third-order valence-corrected chi connectivity index (χ3v) is 3.58. The molecule has 0 saturated heterocycles. The van der Waals surface area contributed by atoms with Crippen LogP contribution in [0.4, 0.5) is 5.69 Å². The minimum atomic E-state index is -0.844. The number of nitrogens with two attached hydrogens (primary N) is 1. The summed E-state index contributed by atoms with van der Waals surface area (Å²) in [6, 6.07) is 13.4. The van der Waals surface area contributed by atoms with Crippen LogP contribution in [0.25, 0.3) is 0 Å². The van der Waals surface area contributed by atoms with Crippen molar-refractivity contribution in [2.24, 2.45) is 5.73 Å². The van der Waals surface area contributed by atoms with Crippen molar-refractivity contribution in [3.63, 3.8) is 0 Å². The van der Waals surface area contributed by atoms with Gasteiger partial charge in [-0.1, -0.05) is 30.3 Å². The van der Waals surface area contributed by atoms with E-state index >= 15 is 0 Å². The molecule has 1 unspecified atom stereocenters. The second kappa shape index (κ2) is 11.2. The smallest absolute Gasteiger partial charge is 0.337 e. The molecular weight excluding hydrogens is 372 g/mol. The number of anilines is 1. The number of nitrogens with one attached hydrogen (secondary N) is 1. The van der Waals surface area contributed by atoms with Gasteiger partial charge >= 0.3 is 5.97 Å². The van der Waals surface area contributed by atoms with Crippen LogP contribution in [0.1, 0.15) is 15.9 Å². The van der Waals surface area contributed by atoms with Crippen LogP contribution < -0.4 is 15.8 Å². The van der Waals surface area contributed by atoms with Crippen LogP contribution in [-0.2, 0) is 20.9 Å². The molecule has 3 N–H and O–H groups in total. The first-order valence-corrected chi connectivity index (χ1v) is 7.99. The Kier molecular flexibility index (Phi) is 9.29. The molecule has 0 aliphatic carbocycles. The number of rotatable bonds is 8. The molecule has 2 aromatic rings. The highest BCUT2D eigenvalue weighted by molar-refractivity contribution is 5.98. The highest BCUT2D eigenvalue weighted by Gasteiger charge is 2.17. The summed E-state index contributed by atoms with van der Waals surface area (Å²) in [6.07, 6.45) is 0. The third kappa shape index (κ3) is 6.56. The molecule has 0 saturated carbocycles. The van der Waals surface area contributed by atoms with Crippen LogP contribution in [0.5, 0.6) is 5.75 Å². The molecule has 2 aromatic carbocycles. The maximum Gasteiger partial charge on any atom is 0.337 e. The molecule has 8 heteroatoms. The predicted molar refractivity (Wildman–Crippen MR) is 104 cm³/mol. The van der Waals surface area contributed by atoms with E-state index in [0.29, 0.717) is 18.0 Å². The molecule has 146 valence electrons. The normalized spacial score (nSPS) is 11.1. The van der Waals surface area contributed by atoms with E-state index < -0.39 is 17.9 Å². The lowest BCUT2D eigenvalue weighted by Gasteiger charge is -2.16. The summed E-state index contributed by atoms with van der Waals surface area (Å²) in [5.41, 5.74) is 7.34. The van der Waals surface area contributed by atoms with Crippen molar-refractivity contribution in [1.29, 1.82) is 0 Å². The highest BCUT2D eigenvalue weighted by Crippen LogP contribution is 2.27. The first-order chi connectivity index (χ1) is 12.5. The number of methoxy groups -OCH3 is 2. The fourth-order valence-corrected chi connectivity index (χ4v) is 2.21. The summed E-state index contributed by atoms with van der Waals surface area (Å²) in [6.45, 7) is 0.383. The average Bonchev–Trinajstić information content (AvgIpc) is 2.67. The Hall–Kier alpha value is -2.61. The quantitative estimate of drug-likeness (QED) is 0.667. The Morgan fingerprint density at radius 1 is 1.11 bits per heavy atom. The van der Waals surface area contributed by atoms with E-state index in [1.165, 1.54) is 20.3 Å². The molecule has 2 rings (SSSR count). The SMILES string of the molecule is COCC(N)C(=O)Nc1cc(C(=O)OC)ccc1OCc1ccccc1.Cl. The zero-order valence-electron chi connectivity index (χ0n) is 15.1. The molecule has 0 fully saturated rings. The number of ether oxygens (including phenoxy) is 3. The minimum absolute atomic E-state index is 0. The van der Waals surface area contributed by atoms with Crippen molar-refractivity contribution in [3.05, 3.63) is 59.7 Å². The van der Waals surface area contributed by atoms with Gasteiger partial charge in [-0.15, -0.1) is 12.4 Å². The first-order valence-electron chi connectivity index (χ1n) is 7.99. The third-order valence-electron chi connectivity index (χ3n) is 3.58. The Morgan fingerprint density at radius 2 is 1.81 bits per heavy atom. The van der Waals surface area contributed by atoms with Gasteiger partial charge in [0.15, 0.2) is 0 Å². The molecule has 0 bridgehead atoms. The molecule has 0 aliphatic rings. The lowest BCUT2D eigenvalue weighted by Crippen LogP contribution is -2.39. The van der Waals surface area contributed by atoms with Crippen LogP contribution in [0.2, 0.25) is 0 Å². The van der Waals surface area contributed by atoms with Crippen LogP contribution in [0.15, 0.2) is 48.5 Å². The van der Waals surface area contributed by atoms with Crippen molar-refractivity contribution in [2.45, 2.75) is 12.6 Å². The molecular formula is C19H23ClN2O5. The maximum absolute atomic E-state index is 12.2. The van der Waals surface area contributed by atoms with Crippen LogP contribution >= 0.6 is 12.4 Å². The van der Waals surface area contributed by atoms with Gasteiger partial charge in [-0.2, -0.15) is 0 Å². The van der Waals surface area contributed by atoms with Gasteiger partial charge in [-0.25, -0.2) is 4.79 Å². The van der Waals surface area contributed by atoms with Crippen molar-refractivity contribution < 1.29 is 23.8 Å². The Morgan fingerprint density at radius 3 is 2.44 bits per heavy atom. The van der Waals surface area contributed by atoms with E-state index in [1.54, 1.807) is 12.1 Å². The van der Waals surface area contributed by atoms with Crippen LogP contribution in [0, 0.1) is 0 Å². The van der Waals surface area contributed by atoms with Crippen LogP contribution in [-0.4, -0.2) is 38.7 Å². The minimum Gasteiger partial charge on any atom is -0.487 e. The van der Waals surface area contributed by atoms with E-state index in [9.17, 15) is 9.59 Å². The van der Waals surface area contributed by atoms with Gasteiger partial charge < -0.3 is 25.3 Å². The molecule has 0 aliphatic heterocycles. The van der Waals surface area contributed by atoms with Gasteiger partial charge in [-0.05, 0) is 23.8 Å². The van der Waals surface area contributed by atoms with Crippen molar-refractivity contribution in [2.75, 3.05) is 26.1 Å². The summed E-state index contributed by atoms with van der Waals surface area (Å²) >= 11 is 0. The summed E-state index contributed by atoms with van der Waals surface area (Å²) < 4.78 is 15.4. The van der Waals surface area contributed by atoms with Gasteiger partial charge in [0.1, 0.15) is 18.4 Å². The zero-order valence-corrected chi connectivity index (χ0v) is 16.0. The number of hydrogen-bond donors (Lipinski definition) is 2. The maximum atomic E-state index is 12.2. The largest absolute Gasteiger partial charge is 0.487 e. The summed E-state index contributed by atoms with van der Waals surface area (Å²) in [4.78, 5) is 23.9. The highest BCUT2D eigenvalue weighted by atomic mass is 35.5. The molecule has 0 heterocycles. The number of halogens is 1. The van der Waals surface area contributed by atoms with Gasteiger partial charge in [0.25, 0.3) is 0 Å². The predicted octanol–water partition coefficient (Wildman–Crippen LogP) is 2.39.